The van der Waals surface area contributed by atoms with Gasteiger partial charge in [-0.1, -0.05) is 5.57 Å². The summed E-state index contributed by atoms with van der Waals surface area (Å²) in [5.41, 5.74) is 0.955. The third-order valence-corrected chi connectivity index (χ3v) is 1.76. The molecule has 1 aliphatic heterocycles. The van der Waals surface area contributed by atoms with Gasteiger partial charge in [-0.2, -0.15) is 0 Å². The fraction of sp³-hybridized carbons (Fsp3) is 0.556. The van der Waals surface area contributed by atoms with Gasteiger partial charge in [0, 0.05) is 19.2 Å². The van der Waals surface area contributed by atoms with Crippen molar-refractivity contribution in [3.8, 4) is 0 Å². The fourth-order valence-corrected chi connectivity index (χ4v) is 1.16. The molecule has 0 spiro atoms. The van der Waals surface area contributed by atoms with E-state index in [1.807, 2.05) is 13.8 Å². The van der Waals surface area contributed by atoms with Gasteiger partial charge in [0.1, 0.15) is 0 Å². The molecule has 1 rings (SSSR count). The Morgan fingerprint density at radius 1 is 1.54 bits per heavy atom. The number of rotatable bonds is 1. The maximum Gasteiger partial charge on any atom is 0.247 e. The van der Waals surface area contributed by atoms with Crippen LogP contribution in [0.5, 0.6) is 0 Å². The van der Waals surface area contributed by atoms with Gasteiger partial charge < -0.3 is 10.2 Å². The van der Waals surface area contributed by atoms with E-state index in [9.17, 15) is 9.59 Å². The molecular weight excluding hydrogens is 168 g/mol. The summed E-state index contributed by atoms with van der Waals surface area (Å²) < 4.78 is 0. The lowest BCUT2D eigenvalue weighted by molar-refractivity contribution is -0.134. The monoisotopic (exact) mass is 182 g/mol. The van der Waals surface area contributed by atoms with Crippen LogP contribution in [0.4, 0.5) is 0 Å². The molecule has 4 nitrogen and oxygen atoms in total. The van der Waals surface area contributed by atoms with Crippen LogP contribution >= 0.6 is 0 Å². The summed E-state index contributed by atoms with van der Waals surface area (Å²) in [6.07, 6.45) is 1.55. The molecule has 0 aromatic heterocycles. The van der Waals surface area contributed by atoms with E-state index >= 15 is 0 Å². The van der Waals surface area contributed by atoms with Gasteiger partial charge >= 0.3 is 0 Å². The molecule has 0 aliphatic carbocycles. The SMILES string of the molecule is CC(C)=CC(=O)N1CCNC(=O)C1. The molecule has 1 saturated heterocycles. The number of nitrogens with zero attached hydrogens (tertiary/aromatic N) is 1. The van der Waals surface area contributed by atoms with E-state index in [-0.39, 0.29) is 18.4 Å². The Balaban J connectivity index is 2.56. The number of hydrogen-bond acceptors (Lipinski definition) is 2. The molecular formula is C9H14N2O2. The third kappa shape index (κ3) is 2.89. The lowest BCUT2D eigenvalue weighted by Crippen LogP contribution is -2.49. The summed E-state index contributed by atoms with van der Waals surface area (Å²) >= 11 is 0. The molecule has 1 N–H and O–H groups in total. The molecule has 0 saturated carbocycles. The molecule has 0 unspecified atom stereocenters. The molecule has 13 heavy (non-hydrogen) atoms. The Morgan fingerprint density at radius 2 is 2.23 bits per heavy atom. The van der Waals surface area contributed by atoms with Gasteiger partial charge in [-0.25, -0.2) is 0 Å². The summed E-state index contributed by atoms with van der Waals surface area (Å²) in [5.74, 6) is -0.156. The van der Waals surface area contributed by atoms with Crippen molar-refractivity contribution < 1.29 is 9.59 Å². The third-order valence-electron chi connectivity index (χ3n) is 1.76. The standard InChI is InChI=1S/C9H14N2O2/c1-7(2)5-9(13)11-4-3-10-8(12)6-11/h5H,3-4,6H2,1-2H3,(H,10,12). The zero-order chi connectivity index (χ0) is 9.84. The van der Waals surface area contributed by atoms with Gasteiger partial charge in [0.15, 0.2) is 0 Å². The smallest absolute Gasteiger partial charge is 0.247 e. The molecule has 0 aromatic rings. The van der Waals surface area contributed by atoms with Crippen molar-refractivity contribution in [2.24, 2.45) is 0 Å². The second-order valence-electron chi connectivity index (χ2n) is 3.33. The van der Waals surface area contributed by atoms with E-state index in [4.69, 9.17) is 0 Å². The Hall–Kier alpha value is -1.32. The van der Waals surface area contributed by atoms with Crippen molar-refractivity contribution in [1.82, 2.24) is 10.2 Å². The minimum atomic E-state index is -0.0817. The number of amides is 2. The average Bonchev–Trinajstić information content (AvgIpc) is 2.03. The van der Waals surface area contributed by atoms with Gasteiger partial charge in [-0.3, -0.25) is 9.59 Å². The highest BCUT2D eigenvalue weighted by Crippen LogP contribution is 1.98. The second-order valence-corrected chi connectivity index (χ2v) is 3.33. The maximum atomic E-state index is 11.4. The minimum absolute atomic E-state index is 0.0742. The van der Waals surface area contributed by atoms with E-state index in [0.717, 1.165) is 5.57 Å². The average molecular weight is 182 g/mol. The Kier molecular flexibility index (Phi) is 3.06. The highest BCUT2D eigenvalue weighted by Gasteiger charge is 2.18. The number of hydrogen-bond donors (Lipinski definition) is 1. The molecule has 0 aromatic carbocycles. The number of carbonyl (C=O) groups is 2. The lowest BCUT2D eigenvalue weighted by Gasteiger charge is -2.25. The van der Waals surface area contributed by atoms with Gasteiger partial charge in [0.05, 0.1) is 6.54 Å². The van der Waals surface area contributed by atoms with Crippen molar-refractivity contribution >= 4 is 11.8 Å². The topological polar surface area (TPSA) is 49.4 Å². The van der Waals surface area contributed by atoms with E-state index < -0.39 is 0 Å². The molecule has 1 heterocycles. The van der Waals surface area contributed by atoms with Crippen LogP contribution in [0.1, 0.15) is 13.8 Å². The number of piperazine rings is 1. The summed E-state index contributed by atoms with van der Waals surface area (Å²) in [6, 6.07) is 0. The summed E-state index contributed by atoms with van der Waals surface area (Å²) in [7, 11) is 0. The summed E-state index contributed by atoms with van der Waals surface area (Å²) in [5, 5.41) is 2.67. The highest BCUT2D eigenvalue weighted by molar-refractivity contribution is 5.92. The zero-order valence-corrected chi connectivity index (χ0v) is 7.96. The van der Waals surface area contributed by atoms with Crippen LogP contribution in [0.25, 0.3) is 0 Å². The molecule has 72 valence electrons. The minimum Gasteiger partial charge on any atom is -0.353 e. The van der Waals surface area contributed by atoms with Crippen LogP contribution in [-0.2, 0) is 9.59 Å². The van der Waals surface area contributed by atoms with Crippen LogP contribution in [-0.4, -0.2) is 36.3 Å². The Labute approximate surface area is 77.6 Å². The van der Waals surface area contributed by atoms with Crippen LogP contribution in [0.2, 0.25) is 0 Å². The van der Waals surface area contributed by atoms with Crippen molar-refractivity contribution in [3.63, 3.8) is 0 Å². The van der Waals surface area contributed by atoms with Crippen molar-refractivity contribution in [2.75, 3.05) is 19.6 Å². The fourth-order valence-electron chi connectivity index (χ4n) is 1.16. The molecule has 1 fully saturated rings. The van der Waals surface area contributed by atoms with Gasteiger partial charge in [-0.15, -0.1) is 0 Å². The number of carbonyl (C=O) groups excluding carboxylic acids is 2. The normalized spacial score (nSPS) is 16.5. The van der Waals surface area contributed by atoms with E-state index in [1.54, 1.807) is 11.0 Å². The molecule has 0 radical (unpaired) electrons. The number of allylic oxidation sites excluding steroid dienone is 1. The highest BCUT2D eigenvalue weighted by atomic mass is 16.2. The van der Waals surface area contributed by atoms with Crippen LogP contribution in [0.3, 0.4) is 0 Å². The zero-order valence-electron chi connectivity index (χ0n) is 7.96. The lowest BCUT2D eigenvalue weighted by atomic mass is 10.3. The molecule has 2 amide bonds. The maximum absolute atomic E-state index is 11.4. The van der Waals surface area contributed by atoms with Crippen molar-refractivity contribution in [2.45, 2.75) is 13.8 Å². The Morgan fingerprint density at radius 3 is 2.77 bits per heavy atom. The van der Waals surface area contributed by atoms with Crippen LogP contribution in [0.15, 0.2) is 11.6 Å². The quantitative estimate of drug-likeness (QED) is 0.576. The molecule has 0 atom stereocenters. The van der Waals surface area contributed by atoms with Crippen molar-refractivity contribution in [3.05, 3.63) is 11.6 Å². The first-order valence-corrected chi connectivity index (χ1v) is 4.30. The molecule has 1 aliphatic rings. The first-order chi connectivity index (χ1) is 6.09. The first-order valence-electron chi connectivity index (χ1n) is 4.30. The predicted octanol–water partition coefficient (Wildman–Crippen LogP) is -0.0890. The second kappa shape index (κ2) is 4.07. The molecule has 0 bridgehead atoms. The van der Waals surface area contributed by atoms with E-state index in [2.05, 4.69) is 5.32 Å². The van der Waals surface area contributed by atoms with Gasteiger partial charge in [0.25, 0.3) is 0 Å². The van der Waals surface area contributed by atoms with Crippen LogP contribution in [0, 0.1) is 0 Å². The Bertz CT molecular complexity index is 254. The van der Waals surface area contributed by atoms with E-state index in [0.29, 0.717) is 13.1 Å². The predicted molar refractivity (Wildman–Crippen MR) is 49.0 cm³/mol. The first kappa shape index (κ1) is 9.77. The largest absolute Gasteiger partial charge is 0.353 e. The summed E-state index contributed by atoms with van der Waals surface area (Å²) in [4.78, 5) is 23.9. The van der Waals surface area contributed by atoms with E-state index in [1.165, 1.54) is 0 Å². The van der Waals surface area contributed by atoms with Crippen LogP contribution < -0.4 is 5.32 Å². The van der Waals surface area contributed by atoms with Crippen molar-refractivity contribution in [1.29, 1.82) is 0 Å². The molecule has 4 heteroatoms. The summed E-state index contributed by atoms with van der Waals surface area (Å²) in [6.45, 7) is 5.07. The number of nitrogens with one attached hydrogen (secondary N) is 1. The van der Waals surface area contributed by atoms with Gasteiger partial charge in [0.2, 0.25) is 11.8 Å². The van der Waals surface area contributed by atoms with Gasteiger partial charge in [-0.05, 0) is 13.8 Å².